The van der Waals surface area contributed by atoms with Gasteiger partial charge in [-0.25, -0.2) is 0 Å². The van der Waals surface area contributed by atoms with Crippen molar-refractivity contribution < 1.29 is 19.1 Å². The molecule has 0 radical (unpaired) electrons. The van der Waals surface area contributed by atoms with E-state index in [1.807, 2.05) is 41.9 Å². The van der Waals surface area contributed by atoms with Crippen molar-refractivity contribution in [1.82, 2.24) is 15.6 Å². The fourth-order valence-corrected chi connectivity index (χ4v) is 4.25. The van der Waals surface area contributed by atoms with Gasteiger partial charge < -0.3 is 25.1 Å². The number of hydrogen-bond donors (Lipinski definition) is 3. The molecule has 0 saturated carbocycles. The highest BCUT2D eigenvalue weighted by Gasteiger charge is 2.17. The van der Waals surface area contributed by atoms with Gasteiger partial charge in [0.25, 0.3) is 11.8 Å². The van der Waals surface area contributed by atoms with E-state index in [1.54, 1.807) is 24.3 Å². The van der Waals surface area contributed by atoms with Crippen LogP contribution in [0.1, 0.15) is 20.8 Å². The minimum absolute atomic E-state index is 0.168. The number of carbonyl (C=O) groups is 2. The molecular weight excluding hydrogens is 450 g/mol. The van der Waals surface area contributed by atoms with Gasteiger partial charge in [0.15, 0.2) is 11.5 Å². The second-order valence-corrected chi connectivity index (χ2v) is 8.44. The number of thiophene rings is 1. The number of rotatable bonds is 9. The maximum atomic E-state index is 13.0. The summed E-state index contributed by atoms with van der Waals surface area (Å²) in [5.41, 5.74) is 2.70. The fraction of sp³-hybridized carbons (Fsp3) is 0.154. The molecule has 0 aliphatic rings. The minimum Gasteiger partial charge on any atom is -0.493 e. The van der Waals surface area contributed by atoms with E-state index >= 15 is 0 Å². The Balaban J connectivity index is 1.47. The molecule has 8 heteroatoms. The molecule has 2 aromatic heterocycles. The smallest absolute Gasteiger partial charge is 0.267 e. The zero-order valence-electron chi connectivity index (χ0n) is 18.9. The lowest BCUT2D eigenvalue weighted by molar-refractivity contribution is -0.117. The third kappa shape index (κ3) is 5.29. The topological polar surface area (TPSA) is 92.5 Å². The Morgan fingerprint density at radius 1 is 1.03 bits per heavy atom. The van der Waals surface area contributed by atoms with Crippen molar-refractivity contribution in [2.24, 2.45) is 0 Å². The van der Waals surface area contributed by atoms with Gasteiger partial charge in [-0.05, 0) is 53.8 Å². The number of methoxy groups -OCH3 is 2. The van der Waals surface area contributed by atoms with E-state index in [2.05, 4.69) is 21.7 Å². The molecule has 0 unspecified atom stereocenters. The van der Waals surface area contributed by atoms with Crippen LogP contribution in [0.3, 0.4) is 0 Å². The van der Waals surface area contributed by atoms with Crippen LogP contribution < -0.4 is 20.1 Å². The Morgan fingerprint density at radius 3 is 2.62 bits per heavy atom. The molecule has 2 heterocycles. The Hall–Kier alpha value is -4.04. The lowest BCUT2D eigenvalue weighted by Gasteiger charge is -2.12. The van der Waals surface area contributed by atoms with Crippen molar-refractivity contribution in [3.05, 3.63) is 87.9 Å². The van der Waals surface area contributed by atoms with Crippen molar-refractivity contribution in [2.75, 3.05) is 20.8 Å². The number of para-hydroxylation sites is 1. The largest absolute Gasteiger partial charge is 0.493 e. The summed E-state index contributed by atoms with van der Waals surface area (Å²) in [4.78, 5) is 30.0. The van der Waals surface area contributed by atoms with Crippen LogP contribution in [-0.2, 0) is 11.2 Å². The number of aromatic nitrogens is 1. The molecule has 0 aliphatic carbocycles. The molecule has 0 atom stereocenters. The van der Waals surface area contributed by atoms with Gasteiger partial charge in [-0.3, -0.25) is 9.59 Å². The number of H-pyrrole nitrogens is 1. The van der Waals surface area contributed by atoms with Crippen LogP contribution >= 0.6 is 11.3 Å². The summed E-state index contributed by atoms with van der Waals surface area (Å²) in [7, 11) is 3.03. The number of amides is 2. The number of fused-ring (bicyclic) bond motifs is 1. The summed E-state index contributed by atoms with van der Waals surface area (Å²) in [5.74, 6) is 0.170. The molecule has 7 nitrogen and oxygen atoms in total. The van der Waals surface area contributed by atoms with E-state index in [0.717, 1.165) is 21.3 Å². The molecule has 2 aromatic carbocycles. The van der Waals surface area contributed by atoms with Crippen LogP contribution in [0.2, 0.25) is 0 Å². The standard InChI is InChI=1S/C26H25N3O4S/c1-32-23-10-9-17(14-24(23)33-2)25(30)29-22(15-19-6-5-13-34-19)26(31)27-12-11-18-16-28-21-8-4-3-7-20(18)21/h3-10,13-16,28H,11-12H2,1-2H3,(H,27,31)(H,29,30). The highest BCUT2D eigenvalue weighted by molar-refractivity contribution is 7.10. The molecule has 0 fully saturated rings. The molecule has 34 heavy (non-hydrogen) atoms. The Kier molecular flexibility index (Phi) is 7.29. The van der Waals surface area contributed by atoms with Gasteiger partial charge in [0.2, 0.25) is 0 Å². The van der Waals surface area contributed by atoms with Crippen LogP contribution in [-0.4, -0.2) is 37.6 Å². The predicted octanol–water partition coefficient (Wildman–Crippen LogP) is 4.38. The van der Waals surface area contributed by atoms with Gasteiger partial charge in [0.1, 0.15) is 5.70 Å². The highest BCUT2D eigenvalue weighted by Crippen LogP contribution is 2.27. The van der Waals surface area contributed by atoms with E-state index in [1.165, 1.54) is 25.6 Å². The van der Waals surface area contributed by atoms with Gasteiger partial charge in [-0.1, -0.05) is 24.3 Å². The third-order valence-corrected chi connectivity index (χ3v) is 6.14. The first-order chi connectivity index (χ1) is 16.6. The van der Waals surface area contributed by atoms with Crippen LogP contribution in [0.25, 0.3) is 17.0 Å². The number of nitrogens with one attached hydrogen (secondary N) is 3. The van der Waals surface area contributed by atoms with Gasteiger partial charge in [0.05, 0.1) is 14.2 Å². The molecule has 0 aliphatic heterocycles. The molecule has 0 saturated heterocycles. The minimum atomic E-state index is -0.421. The highest BCUT2D eigenvalue weighted by atomic mass is 32.1. The monoisotopic (exact) mass is 475 g/mol. The first-order valence-corrected chi connectivity index (χ1v) is 11.6. The summed E-state index contributed by atoms with van der Waals surface area (Å²) >= 11 is 1.48. The average molecular weight is 476 g/mol. The molecule has 4 rings (SSSR count). The maximum absolute atomic E-state index is 13.0. The number of aromatic amines is 1. The van der Waals surface area contributed by atoms with Gasteiger partial charge >= 0.3 is 0 Å². The second-order valence-electron chi connectivity index (χ2n) is 7.46. The van der Waals surface area contributed by atoms with Crippen molar-refractivity contribution in [3.8, 4) is 11.5 Å². The number of ether oxygens (including phenoxy) is 2. The van der Waals surface area contributed by atoms with Crippen molar-refractivity contribution in [2.45, 2.75) is 6.42 Å². The van der Waals surface area contributed by atoms with Crippen LogP contribution in [0, 0.1) is 0 Å². The lowest BCUT2D eigenvalue weighted by Crippen LogP contribution is -2.35. The van der Waals surface area contributed by atoms with Gasteiger partial charge in [0, 0.05) is 34.1 Å². The lowest BCUT2D eigenvalue weighted by atomic mass is 10.1. The molecule has 4 aromatic rings. The zero-order chi connectivity index (χ0) is 23.9. The fourth-order valence-electron chi connectivity index (χ4n) is 3.59. The van der Waals surface area contributed by atoms with E-state index in [-0.39, 0.29) is 11.6 Å². The van der Waals surface area contributed by atoms with Crippen molar-refractivity contribution in [3.63, 3.8) is 0 Å². The SMILES string of the molecule is COc1ccc(C(=O)NC(=Cc2cccs2)C(=O)NCCc2c[nH]c3ccccc23)cc1OC. The average Bonchev–Trinajstić information content (AvgIpc) is 3.53. The quantitative estimate of drug-likeness (QED) is 0.313. The zero-order valence-corrected chi connectivity index (χ0v) is 19.7. The van der Waals surface area contributed by atoms with Gasteiger partial charge in [-0.2, -0.15) is 0 Å². The van der Waals surface area contributed by atoms with Crippen molar-refractivity contribution in [1.29, 1.82) is 0 Å². The van der Waals surface area contributed by atoms with Crippen LogP contribution in [0.15, 0.2) is 71.9 Å². The summed E-state index contributed by atoms with van der Waals surface area (Å²) in [5, 5.41) is 8.71. The second kappa shape index (κ2) is 10.7. The summed E-state index contributed by atoms with van der Waals surface area (Å²) in [6.45, 7) is 0.425. The number of carbonyl (C=O) groups excluding carboxylic acids is 2. The Labute approximate surface area is 201 Å². The van der Waals surface area contributed by atoms with E-state index < -0.39 is 5.91 Å². The first kappa shape index (κ1) is 23.1. The van der Waals surface area contributed by atoms with E-state index in [9.17, 15) is 9.59 Å². The van der Waals surface area contributed by atoms with Crippen LogP contribution in [0.5, 0.6) is 11.5 Å². The summed E-state index contributed by atoms with van der Waals surface area (Å²) in [6, 6.07) is 16.7. The summed E-state index contributed by atoms with van der Waals surface area (Å²) in [6.07, 6.45) is 4.29. The Morgan fingerprint density at radius 2 is 1.85 bits per heavy atom. The van der Waals surface area contributed by atoms with Crippen molar-refractivity contribution >= 4 is 40.1 Å². The number of hydrogen-bond acceptors (Lipinski definition) is 5. The molecular formula is C26H25N3O4S. The van der Waals surface area contributed by atoms with E-state index in [4.69, 9.17) is 9.47 Å². The summed E-state index contributed by atoms with van der Waals surface area (Å²) < 4.78 is 10.5. The number of benzene rings is 2. The van der Waals surface area contributed by atoms with Gasteiger partial charge in [-0.15, -0.1) is 11.3 Å². The molecule has 0 spiro atoms. The Bertz CT molecular complexity index is 1330. The molecule has 174 valence electrons. The molecule has 3 N–H and O–H groups in total. The molecule has 2 amide bonds. The molecule has 0 bridgehead atoms. The maximum Gasteiger partial charge on any atom is 0.267 e. The van der Waals surface area contributed by atoms with Crippen LogP contribution in [0.4, 0.5) is 0 Å². The first-order valence-electron chi connectivity index (χ1n) is 10.7. The third-order valence-electron chi connectivity index (χ3n) is 5.32. The predicted molar refractivity (Wildman–Crippen MR) is 134 cm³/mol. The van der Waals surface area contributed by atoms with E-state index in [0.29, 0.717) is 30.0 Å². The normalized spacial score (nSPS) is 11.3.